The van der Waals surface area contributed by atoms with Crippen LogP contribution in [0.15, 0.2) is 34.8 Å². The van der Waals surface area contributed by atoms with Crippen LogP contribution in [0.5, 0.6) is 0 Å². The van der Waals surface area contributed by atoms with Crippen LogP contribution in [0.25, 0.3) is 21.6 Å². The van der Waals surface area contributed by atoms with Crippen molar-refractivity contribution in [2.75, 3.05) is 17.2 Å². The lowest BCUT2D eigenvalue weighted by Crippen LogP contribution is -2.11. The number of anilines is 1. The lowest BCUT2D eigenvalue weighted by Gasteiger charge is -2.17. The molecular formula is C21H21N7S3. The van der Waals surface area contributed by atoms with Gasteiger partial charge in [0.25, 0.3) is 0 Å². The summed E-state index contributed by atoms with van der Waals surface area (Å²) in [6.45, 7) is 2.32. The molecule has 0 spiro atoms. The molecule has 4 aromatic rings. The van der Waals surface area contributed by atoms with Crippen molar-refractivity contribution in [3.05, 3.63) is 35.0 Å². The maximum atomic E-state index is 6.41. The van der Waals surface area contributed by atoms with E-state index in [0.29, 0.717) is 5.82 Å². The van der Waals surface area contributed by atoms with Crippen molar-refractivity contribution in [1.82, 2.24) is 29.7 Å². The summed E-state index contributed by atoms with van der Waals surface area (Å²) in [6.07, 6.45) is 7.04. The van der Waals surface area contributed by atoms with Gasteiger partial charge in [-0.05, 0) is 42.9 Å². The van der Waals surface area contributed by atoms with Gasteiger partial charge in [0.2, 0.25) is 0 Å². The average molecular weight is 468 g/mol. The highest BCUT2D eigenvalue weighted by Crippen LogP contribution is 2.41. The van der Waals surface area contributed by atoms with Crippen molar-refractivity contribution in [3.8, 4) is 11.4 Å². The fourth-order valence-electron chi connectivity index (χ4n) is 4.35. The van der Waals surface area contributed by atoms with E-state index in [2.05, 4.69) is 31.7 Å². The third kappa shape index (κ3) is 3.41. The fourth-order valence-corrected chi connectivity index (χ4v) is 7.96. The normalized spacial score (nSPS) is 20.2. The molecule has 1 aliphatic carbocycles. The number of nitrogens with two attached hydrogens (primary N) is 1. The summed E-state index contributed by atoms with van der Waals surface area (Å²) in [7, 11) is 0. The van der Waals surface area contributed by atoms with Gasteiger partial charge in [-0.2, -0.15) is 0 Å². The molecule has 0 aromatic carbocycles. The van der Waals surface area contributed by atoms with E-state index in [4.69, 9.17) is 10.7 Å². The van der Waals surface area contributed by atoms with Gasteiger partial charge >= 0.3 is 0 Å². The first-order chi connectivity index (χ1) is 15.2. The Morgan fingerprint density at radius 3 is 3.10 bits per heavy atom. The highest BCUT2D eigenvalue weighted by Gasteiger charge is 2.29. The number of nitrogen functional groups attached to an aromatic ring is 1. The van der Waals surface area contributed by atoms with E-state index in [9.17, 15) is 0 Å². The van der Waals surface area contributed by atoms with Crippen molar-refractivity contribution in [2.24, 2.45) is 5.92 Å². The third-order valence-corrected chi connectivity index (χ3v) is 9.15. The second kappa shape index (κ2) is 7.75. The second-order valence-corrected chi connectivity index (χ2v) is 11.2. The number of hydrogen-bond acceptors (Lipinski definition) is 9. The molecule has 2 atom stereocenters. The highest BCUT2D eigenvalue weighted by molar-refractivity contribution is 8.00. The average Bonchev–Trinajstić information content (AvgIpc) is 3.46. The van der Waals surface area contributed by atoms with Crippen LogP contribution in [0, 0.1) is 5.92 Å². The van der Waals surface area contributed by atoms with Crippen LogP contribution in [0.2, 0.25) is 0 Å². The Morgan fingerprint density at radius 2 is 2.23 bits per heavy atom. The summed E-state index contributed by atoms with van der Waals surface area (Å²) in [4.78, 5) is 16.3. The molecule has 4 aromatic heterocycles. The first-order valence-corrected chi connectivity index (χ1v) is 13.1. The van der Waals surface area contributed by atoms with E-state index in [1.54, 1.807) is 41.1 Å². The number of pyridine rings is 1. The molecule has 6 rings (SSSR count). The van der Waals surface area contributed by atoms with E-state index in [-0.39, 0.29) is 6.04 Å². The Bertz CT molecular complexity index is 1270. The molecule has 0 saturated heterocycles. The molecule has 0 fully saturated rings. The Labute approximate surface area is 192 Å². The molecule has 0 amide bonds. The molecule has 0 saturated carbocycles. The number of aryl methyl sites for hydroxylation is 1. The van der Waals surface area contributed by atoms with Crippen molar-refractivity contribution in [1.29, 1.82) is 0 Å². The molecule has 0 unspecified atom stereocenters. The minimum absolute atomic E-state index is 0.271. The predicted octanol–water partition coefficient (Wildman–Crippen LogP) is 4.49. The van der Waals surface area contributed by atoms with Crippen molar-refractivity contribution >= 4 is 50.9 Å². The van der Waals surface area contributed by atoms with Gasteiger partial charge in [0.05, 0.1) is 11.4 Å². The molecule has 0 radical (unpaired) electrons. The number of rotatable bonds is 4. The SMILES string of the molecule is C[C@H]1CCc2c(sc3nc(SC[C@H]4CSc5nnc(-c6cccnc6)n54)nc(N)c23)C1. The largest absolute Gasteiger partial charge is 0.383 e. The van der Waals surface area contributed by atoms with Crippen LogP contribution in [0.1, 0.15) is 29.8 Å². The van der Waals surface area contributed by atoms with E-state index in [1.807, 2.05) is 18.3 Å². The van der Waals surface area contributed by atoms with E-state index < -0.39 is 0 Å². The molecule has 7 nitrogen and oxygen atoms in total. The zero-order valence-electron chi connectivity index (χ0n) is 17.0. The van der Waals surface area contributed by atoms with E-state index >= 15 is 0 Å². The third-order valence-electron chi connectivity index (χ3n) is 5.92. The number of thiophene rings is 1. The van der Waals surface area contributed by atoms with Crippen molar-refractivity contribution < 1.29 is 0 Å². The first-order valence-electron chi connectivity index (χ1n) is 10.4. The van der Waals surface area contributed by atoms with Crippen molar-refractivity contribution in [3.63, 3.8) is 0 Å². The Balaban J connectivity index is 1.26. The van der Waals surface area contributed by atoms with Crippen LogP contribution in [-0.2, 0) is 12.8 Å². The zero-order chi connectivity index (χ0) is 20.9. The monoisotopic (exact) mass is 467 g/mol. The van der Waals surface area contributed by atoms with Gasteiger partial charge in [0.15, 0.2) is 16.1 Å². The van der Waals surface area contributed by atoms with Crippen LogP contribution in [0.4, 0.5) is 5.82 Å². The predicted molar refractivity (Wildman–Crippen MR) is 127 cm³/mol. The summed E-state index contributed by atoms with van der Waals surface area (Å²) >= 11 is 5.20. The van der Waals surface area contributed by atoms with Gasteiger partial charge in [0.1, 0.15) is 10.6 Å². The van der Waals surface area contributed by atoms with Crippen LogP contribution in [0.3, 0.4) is 0 Å². The minimum atomic E-state index is 0.271. The molecular weight excluding hydrogens is 446 g/mol. The second-order valence-electron chi connectivity index (χ2n) is 8.12. The summed E-state index contributed by atoms with van der Waals surface area (Å²) in [5.74, 6) is 4.04. The Hall–Kier alpha value is -2.17. The maximum Gasteiger partial charge on any atom is 0.191 e. The smallest absolute Gasteiger partial charge is 0.191 e. The van der Waals surface area contributed by atoms with Crippen LogP contribution >= 0.6 is 34.9 Å². The van der Waals surface area contributed by atoms with Gasteiger partial charge in [-0.3, -0.25) is 9.55 Å². The standard InChI is InChI=1S/C21H21N7S3/c1-11-4-5-14-15(7-11)31-19-16(14)17(22)24-20(25-19)29-9-13-10-30-21-27-26-18(28(13)21)12-3-2-6-23-8-12/h2-3,6,8,11,13H,4-5,7,9-10H2,1H3,(H2,22,24,25)/t11-,13-/m0/s1. The van der Waals surface area contributed by atoms with E-state index in [0.717, 1.165) is 62.2 Å². The maximum absolute atomic E-state index is 6.41. The molecule has 5 heterocycles. The van der Waals surface area contributed by atoms with E-state index in [1.165, 1.54) is 16.9 Å². The number of thioether (sulfide) groups is 2. The molecule has 31 heavy (non-hydrogen) atoms. The van der Waals surface area contributed by atoms with Gasteiger partial charge in [-0.1, -0.05) is 30.4 Å². The van der Waals surface area contributed by atoms with Crippen molar-refractivity contribution in [2.45, 2.75) is 42.5 Å². The van der Waals surface area contributed by atoms with Crippen LogP contribution < -0.4 is 5.73 Å². The molecule has 2 aliphatic rings. The van der Waals surface area contributed by atoms with Gasteiger partial charge < -0.3 is 5.73 Å². The Kier molecular flexibility index (Phi) is 4.88. The quantitative estimate of drug-likeness (QED) is 0.346. The fraction of sp³-hybridized carbons (Fsp3) is 0.381. The number of fused-ring (bicyclic) bond motifs is 4. The molecule has 1 aliphatic heterocycles. The lowest BCUT2D eigenvalue weighted by molar-refractivity contribution is 0.509. The van der Waals surface area contributed by atoms with Gasteiger partial charge in [-0.15, -0.1) is 21.5 Å². The van der Waals surface area contributed by atoms with Gasteiger partial charge in [-0.25, -0.2) is 9.97 Å². The molecule has 0 bridgehead atoms. The minimum Gasteiger partial charge on any atom is -0.383 e. The number of aromatic nitrogens is 6. The first kappa shape index (κ1) is 19.5. The molecule has 10 heteroatoms. The van der Waals surface area contributed by atoms with Gasteiger partial charge in [0, 0.05) is 34.3 Å². The summed E-state index contributed by atoms with van der Waals surface area (Å²) in [5.41, 5.74) is 8.78. The van der Waals surface area contributed by atoms with Crippen LogP contribution in [-0.4, -0.2) is 41.2 Å². The number of hydrogen-bond donors (Lipinski definition) is 1. The Morgan fingerprint density at radius 1 is 1.29 bits per heavy atom. The molecule has 158 valence electrons. The topological polar surface area (TPSA) is 95.4 Å². The highest BCUT2D eigenvalue weighted by atomic mass is 32.2. The lowest BCUT2D eigenvalue weighted by atomic mass is 9.89. The summed E-state index contributed by atoms with van der Waals surface area (Å²) in [6, 6.07) is 4.22. The summed E-state index contributed by atoms with van der Waals surface area (Å²) < 4.78 is 2.22. The zero-order valence-corrected chi connectivity index (χ0v) is 19.4. The number of nitrogens with zero attached hydrogens (tertiary/aromatic N) is 6. The summed E-state index contributed by atoms with van der Waals surface area (Å²) in [5, 5.41) is 11.6. The molecule has 2 N–H and O–H groups in total.